The Balaban J connectivity index is 1.90. The minimum atomic E-state index is -0.262. The molecular weight excluding hydrogens is 220 g/mol. The predicted molar refractivity (Wildman–Crippen MR) is 68.7 cm³/mol. The summed E-state index contributed by atoms with van der Waals surface area (Å²) < 4.78 is 0. The fourth-order valence-electron chi connectivity index (χ4n) is 2.64. The highest BCUT2D eigenvalue weighted by molar-refractivity contribution is 7.99. The molecule has 2 heterocycles. The van der Waals surface area contributed by atoms with Crippen LogP contribution in [0.4, 0.5) is 0 Å². The molecule has 2 fully saturated rings. The molecule has 2 atom stereocenters. The third kappa shape index (κ3) is 2.54. The highest BCUT2D eigenvalue weighted by Crippen LogP contribution is 2.24. The number of thioether (sulfide) groups is 1. The first kappa shape index (κ1) is 12.2. The maximum Gasteiger partial charge on any atom is 0.240 e. The summed E-state index contributed by atoms with van der Waals surface area (Å²) in [5.74, 6) is 2.58. The first-order valence-electron chi connectivity index (χ1n) is 6.40. The summed E-state index contributed by atoms with van der Waals surface area (Å²) in [6.45, 7) is 3.09. The fraction of sp³-hybridized carbons (Fsp3) is 0.917. The molecular formula is C12H22N2OS. The number of amides is 1. The van der Waals surface area contributed by atoms with E-state index in [4.69, 9.17) is 0 Å². The molecule has 0 aromatic carbocycles. The van der Waals surface area contributed by atoms with Gasteiger partial charge in [-0.3, -0.25) is 4.79 Å². The van der Waals surface area contributed by atoms with Gasteiger partial charge in [0.1, 0.15) is 0 Å². The standard InChI is InChI=1S/C12H22N2OS/c1-2-12(6-4-7-13-12)11(15)14-10-5-3-8-16-9-10/h10,13H,2-9H2,1H3,(H,14,15). The molecule has 0 aliphatic carbocycles. The van der Waals surface area contributed by atoms with Crippen molar-refractivity contribution in [1.29, 1.82) is 0 Å². The molecule has 16 heavy (non-hydrogen) atoms. The average Bonchev–Trinajstić information content (AvgIpc) is 2.80. The lowest BCUT2D eigenvalue weighted by molar-refractivity contribution is -0.127. The zero-order valence-electron chi connectivity index (χ0n) is 10.1. The van der Waals surface area contributed by atoms with Crippen LogP contribution in [0.15, 0.2) is 0 Å². The second-order valence-electron chi connectivity index (χ2n) is 4.85. The minimum absolute atomic E-state index is 0.236. The van der Waals surface area contributed by atoms with Gasteiger partial charge >= 0.3 is 0 Å². The maximum atomic E-state index is 12.3. The van der Waals surface area contributed by atoms with Gasteiger partial charge in [-0.15, -0.1) is 0 Å². The van der Waals surface area contributed by atoms with Crippen LogP contribution in [0.1, 0.15) is 39.0 Å². The van der Waals surface area contributed by atoms with E-state index < -0.39 is 0 Å². The summed E-state index contributed by atoms with van der Waals surface area (Å²) >= 11 is 1.96. The third-order valence-corrected chi connectivity index (χ3v) is 4.99. The Hall–Kier alpha value is -0.220. The van der Waals surface area contributed by atoms with Gasteiger partial charge in [-0.05, 0) is 44.4 Å². The number of rotatable bonds is 3. The zero-order valence-corrected chi connectivity index (χ0v) is 10.9. The van der Waals surface area contributed by atoms with Crippen molar-refractivity contribution in [2.24, 2.45) is 0 Å². The van der Waals surface area contributed by atoms with E-state index in [1.54, 1.807) is 0 Å². The lowest BCUT2D eigenvalue weighted by Crippen LogP contribution is -2.56. The van der Waals surface area contributed by atoms with Crippen LogP contribution in [0.3, 0.4) is 0 Å². The van der Waals surface area contributed by atoms with Crippen LogP contribution < -0.4 is 10.6 Å². The van der Waals surface area contributed by atoms with Crippen molar-refractivity contribution in [3.8, 4) is 0 Å². The van der Waals surface area contributed by atoms with Gasteiger partial charge in [-0.2, -0.15) is 11.8 Å². The van der Waals surface area contributed by atoms with Crippen molar-refractivity contribution < 1.29 is 4.79 Å². The van der Waals surface area contributed by atoms with Gasteiger partial charge < -0.3 is 10.6 Å². The van der Waals surface area contributed by atoms with Gasteiger partial charge in [0, 0.05) is 11.8 Å². The Bertz CT molecular complexity index is 245. The van der Waals surface area contributed by atoms with Crippen LogP contribution >= 0.6 is 11.8 Å². The van der Waals surface area contributed by atoms with Crippen molar-refractivity contribution in [3.63, 3.8) is 0 Å². The van der Waals surface area contributed by atoms with Crippen molar-refractivity contribution in [3.05, 3.63) is 0 Å². The van der Waals surface area contributed by atoms with Crippen LogP contribution in [0, 0.1) is 0 Å². The Morgan fingerprint density at radius 1 is 1.56 bits per heavy atom. The third-order valence-electron chi connectivity index (χ3n) is 3.78. The Morgan fingerprint density at radius 2 is 2.44 bits per heavy atom. The maximum absolute atomic E-state index is 12.3. The molecule has 3 nitrogen and oxygen atoms in total. The van der Waals surface area contributed by atoms with Crippen LogP contribution in [-0.2, 0) is 4.79 Å². The summed E-state index contributed by atoms with van der Waals surface area (Å²) in [5.41, 5.74) is -0.262. The largest absolute Gasteiger partial charge is 0.351 e. The molecule has 2 rings (SSSR count). The molecule has 0 saturated carbocycles. The van der Waals surface area contributed by atoms with Crippen LogP contribution in [0.25, 0.3) is 0 Å². The summed E-state index contributed by atoms with van der Waals surface area (Å²) in [6.07, 6.45) is 5.41. The average molecular weight is 242 g/mol. The fourth-order valence-corrected chi connectivity index (χ4v) is 3.71. The number of carbonyl (C=O) groups is 1. The lowest BCUT2D eigenvalue weighted by Gasteiger charge is -2.31. The monoisotopic (exact) mass is 242 g/mol. The Morgan fingerprint density at radius 3 is 3.00 bits per heavy atom. The summed E-state index contributed by atoms with van der Waals surface area (Å²) in [5, 5.41) is 6.62. The smallest absolute Gasteiger partial charge is 0.240 e. The first-order valence-corrected chi connectivity index (χ1v) is 7.56. The second-order valence-corrected chi connectivity index (χ2v) is 6.00. The number of hydrogen-bond acceptors (Lipinski definition) is 3. The molecule has 0 bridgehead atoms. The summed E-state index contributed by atoms with van der Waals surface area (Å²) in [7, 11) is 0. The molecule has 1 amide bonds. The van der Waals surface area contributed by atoms with E-state index in [-0.39, 0.29) is 11.4 Å². The molecule has 0 aromatic heterocycles. The van der Waals surface area contributed by atoms with Crippen LogP contribution in [0.2, 0.25) is 0 Å². The van der Waals surface area contributed by atoms with Crippen LogP contribution in [0.5, 0.6) is 0 Å². The molecule has 2 N–H and O–H groups in total. The molecule has 2 aliphatic rings. The number of carbonyl (C=O) groups excluding carboxylic acids is 1. The SMILES string of the molecule is CCC1(C(=O)NC2CCCSC2)CCCN1. The lowest BCUT2D eigenvalue weighted by atomic mass is 9.92. The van der Waals surface area contributed by atoms with E-state index in [0.717, 1.165) is 38.0 Å². The van der Waals surface area contributed by atoms with Crippen molar-refractivity contribution >= 4 is 17.7 Å². The molecule has 4 heteroatoms. The van der Waals surface area contributed by atoms with Gasteiger partial charge in [0.15, 0.2) is 0 Å². The molecule has 0 aromatic rings. The van der Waals surface area contributed by atoms with Gasteiger partial charge in [-0.25, -0.2) is 0 Å². The number of hydrogen-bond donors (Lipinski definition) is 2. The quantitative estimate of drug-likeness (QED) is 0.788. The van der Waals surface area contributed by atoms with Crippen molar-refractivity contribution in [2.75, 3.05) is 18.1 Å². The van der Waals surface area contributed by atoms with E-state index in [9.17, 15) is 4.79 Å². The molecule has 0 spiro atoms. The molecule has 0 radical (unpaired) electrons. The van der Waals surface area contributed by atoms with Gasteiger partial charge in [0.25, 0.3) is 0 Å². The van der Waals surface area contributed by atoms with E-state index in [1.165, 1.54) is 12.2 Å². The molecule has 2 aliphatic heterocycles. The minimum Gasteiger partial charge on any atom is -0.351 e. The zero-order chi connectivity index (χ0) is 11.4. The van der Waals surface area contributed by atoms with Gasteiger partial charge in [0.05, 0.1) is 5.54 Å². The van der Waals surface area contributed by atoms with E-state index >= 15 is 0 Å². The van der Waals surface area contributed by atoms with Gasteiger partial charge in [-0.1, -0.05) is 6.92 Å². The number of nitrogens with one attached hydrogen (secondary N) is 2. The summed E-state index contributed by atoms with van der Waals surface area (Å²) in [4.78, 5) is 12.3. The Labute approximate surface area is 102 Å². The van der Waals surface area contributed by atoms with E-state index in [0.29, 0.717) is 6.04 Å². The first-order chi connectivity index (χ1) is 7.77. The highest BCUT2D eigenvalue weighted by atomic mass is 32.2. The topological polar surface area (TPSA) is 41.1 Å². The highest BCUT2D eigenvalue weighted by Gasteiger charge is 2.39. The van der Waals surface area contributed by atoms with E-state index in [1.807, 2.05) is 11.8 Å². The Kier molecular flexibility index (Phi) is 4.14. The summed E-state index contributed by atoms with van der Waals surface area (Å²) in [6, 6.07) is 0.400. The van der Waals surface area contributed by atoms with Crippen molar-refractivity contribution in [2.45, 2.75) is 50.6 Å². The predicted octanol–water partition coefficient (Wildman–Crippen LogP) is 1.53. The van der Waals surface area contributed by atoms with E-state index in [2.05, 4.69) is 17.6 Å². The van der Waals surface area contributed by atoms with Gasteiger partial charge in [0.2, 0.25) is 5.91 Å². The van der Waals surface area contributed by atoms with Crippen LogP contribution in [-0.4, -0.2) is 35.5 Å². The second kappa shape index (κ2) is 5.41. The molecule has 2 saturated heterocycles. The molecule has 2 unspecified atom stereocenters. The van der Waals surface area contributed by atoms with Crippen molar-refractivity contribution in [1.82, 2.24) is 10.6 Å². The normalized spacial score (nSPS) is 34.9. The molecule has 92 valence electrons.